The summed E-state index contributed by atoms with van der Waals surface area (Å²) >= 11 is 6.11. The lowest BCUT2D eigenvalue weighted by Gasteiger charge is -2.40. The fraction of sp³-hybridized carbons (Fsp3) is 0.758. The van der Waals surface area contributed by atoms with Crippen LogP contribution >= 0.6 is 11.6 Å². The number of esters is 4. The van der Waals surface area contributed by atoms with E-state index in [0.29, 0.717) is 23.9 Å². The topological polar surface area (TPSA) is 171 Å². The Hall–Kier alpha value is -4.39. The van der Waals surface area contributed by atoms with Gasteiger partial charge in [0.2, 0.25) is 0 Å². The van der Waals surface area contributed by atoms with E-state index in [4.69, 9.17) is 30.5 Å². The minimum Gasteiger partial charge on any atom is -0.481 e. The number of pyridine rings is 1. The molecule has 1 unspecified atom stereocenters. The minimum atomic E-state index is -0.960. The van der Waals surface area contributed by atoms with Gasteiger partial charge >= 0.3 is 29.8 Å². The van der Waals surface area contributed by atoms with E-state index in [2.05, 4.69) is 49.0 Å². The van der Waals surface area contributed by atoms with Gasteiger partial charge in [-0.1, -0.05) is 213 Å². The van der Waals surface area contributed by atoms with Crippen molar-refractivity contribution in [2.24, 2.45) is 11.8 Å². The molecule has 2 aromatic rings. The number of aromatic nitrogens is 1. The van der Waals surface area contributed by atoms with E-state index in [9.17, 15) is 29.1 Å². The number of hydrogen-bond acceptors (Lipinski definition) is 12. The van der Waals surface area contributed by atoms with Gasteiger partial charge in [0, 0.05) is 38.3 Å². The number of unbranched alkanes of at least 4 members (excludes halogenated alkanes) is 24. The third-order valence-corrected chi connectivity index (χ3v) is 15.7. The third-order valence-electron chi connectivity index (χ3n) is 15.5. The lowest BCUT2D eigenvalue weighted by molar-refractivity contribution is -0.168. The van der Waals surface area contributed by atoms with Crippen LogP contribution in [0.2, 0.25) is 5.15 Å². The van der Waals surface area contributed by atoms with E-state index in [1.807, 2.05) is 32.0 Å². The molecular formula is C66H108ClN3O10. The molecule has 0 amide bonds. The quantitative estimate of drug-likeness (QED) is 0.0278. The molecule has 1 saturated carbocycles. The van der Waals surface area contributed by atoms with E-state index in [0.717, 1.165) is 80.5 Å². The highest BCUT2D eigenvalue weighted by molar-refractivity contribution is 6.29. The summed E-state index contributed by atoms with van der Waals surface area (Å²) in [7, 11) is 0. The first-order valence-electron chi connectivity index (χ1n) is 31.9. The van der Waals surface area contributed by atoms with E-state index >= 15 is 0 Å². The zero-order valence-corrected chi connectivity index (χ0v) is 51.4. The molecular weight excluding hydrogens is 1030 g/mol. The molecule has 0 radical (unpaired) electrons. The zero-order chi connectivity index (χ0) is 58.2. The molecule has 13 nitrogen and oxygen atoms in total. The second kappa shape index (κ2) is 43.3. The van der Waals surface area contributed by atoms with Crippen molar-refractivity contribution in [1.29, 1.82) is 0 Å². The Morgan fingerprint density at radius 3 is 1.54 bits per heavy atom. The molecule has 2 atom stereocenters. The molecule has 1 aliphatic carbocycles. The van der Waals surface area contributed by atoms with Gasteiger partial charge in [0.15, 0.2) is 6.10 Å². The fourth-order valence-electron chi connectivity index (χ4n) is 10.8. The number of hydrogen-bond donors (Lipinski definition) is 2. The number of halogens is 1. The molecule has 454 valence electrons. The highest BCUT2D eigenvalue weighted by atomic mass is 35.5. The number of anilines is 3. The van der Waals surface area contributed by atoms with Gasteiger partial charge in [0.1, 0.15) is 24.5 Å². The van der Waals surface area contributed by atoms with Gasteiger partial charge in [-0.2, -0.15) is 0 Å². The maximum atomic E-state index is 13.4. The lowest BCUT2D eigenvalue weighted by atomic mass is 9.90. The van der Waals surface area contributed by atoms with Crippen molar-refractivity contribution in [3.63, 3.8) is 0 Å². The van der Waals surface area contributed by atoms with Crippen LogP contribution in [0.4, 0.5) is 17.1 Å². The van der Waals surface area contributed by atoms with Crippen molar-refractivity contribution >= 4 is 58.5 Å². The van der Waals surface area contributed by atoms with Crippen molar-refractivity contribution in [3.05, 3.63) is 47.2 Å². The summed E-state index contributed by atoms with van der Waals surface area (Å²) in [4.78, 5) is 70.7. The van der Waals surface area contributed by atoms with Crippen molar-refractivity contribution in [1.82, 2.24) is 4.98 Å². The monoisotopic (exact) mass is 1140 g/mol. The summed E-state index contributed by atoms with van der Waals surface area (Å²) < 4.78 is 23.0. The second-order valence-electron chi connectivity index (χ2n) is 23.7. The average molecular weight is 1140 g/mol. The first-order chi connectivity index (χ1) is 38.7. The van der Waals surface area contributed by atoms with Crippen LogP contribution in [0.1, 0.15) is 278 Å². The number of carboxylic acid groups (broad SMARTS) is 1. The number of aliphatic carboxylic acids is 1. The molecule has 1 fully saturated rings. The lowest BCUT2D eigenvalue weighted by Crippen LogP contribution is -2.42. The van der Waals surface area contributed by atoms with E-state index in [1.165, 1.54) is 128 Å². The van der Waals surface area contributed by atoms with Crippen molar-refractivity contribution < 1.29 is 48.0 Å². The first-order valence-corrected chi connectivity index (χ1v) is 32.3. The summed E-state index contributed by atoms with van der Waals surface area (Å²) in [5, 5.41) is 13.5. The molecule has 80 heavy (non-hydrogen) atoms. The smallest absolute Gasteiger partial charge is 0.306 e. The molecule has 0 spiro atoms. The van der Waals surface area contributed by atoms with Crippen molar-refractivity contribution in [2.45, 2.75) is 290 Å². The van der Waals surface area contributed by atoms with Gasteiger partial charge in [-0.15, -0.1) is 0 Å². The van der Waals surface area contributed by atoms with Crippen LogP contribution in [-0.4, -0.2) is 77.9 Å². The molecule has 3 rings (SSSR count). The van der Waals surface area contributed by atoms with E-state index < -0.39 is 18.0 Å². The van der Waals surface area contributed by atoms with Crippen molar-refractivity contribution in [2.75, 3.05) is 30.0 Å². The van der Waals surface area contributed by atoms with Crippen LogP contribution in [0.3, 0.4) is 0 Å². The molecule has 1 aromatic carbocycles. The van der Waals surface area contributed by atoms with Crippen LogP contribution in [0.15, 0.2) is 36.5 Å². The Balaban J connectivity index is 1.49. The van der Waals surface area contributed by atoms with Crippen LogP contribution < -0.4 is 10.2 Å². The number of nitrogens with zero attached hydrogens (tertiary/aromatic N) is 2. The van der Waals surface area contributed by atoms with Crippen LogP contribution in [0.5, 0.6) is 0 Å². The fourth-order valence-corrected chi connectivity index (χ4v) is 10.9. The first kappa shape index (κ1) is 69.9. The van der Waals surface area contributed by atoms with Gasteiger partial charge in [-0.3, -0.25) is 24.0 Å². The number of benzene rings is 1. The average Bonchev–Trinajstić information content (AvgIpc) is 3.48. The Morgan fingerprint density at radius 1 is 0.613 bits per heavy atom. The number of rotatable bonds is 47. The molecule has 1 aliphatic rings. The highest BCUT2D eigenvalue weighted by Gasteiger charge is 2.31. The molecule has 14 heteroatoms. The summed E-state index contributed by atoms with van der Waals surface area (Å²) in [6, 6.07) is 9.87. The van der Waals surface area contributed by atoms with Gasteiger partial charge in [0.05, 0.1) is 29.7 Å². The summed E-state index contributed by atoms with van der Waals surface area (Å²) in [6.07, 6.45) is 35.4. The predicted octanol–water partition coefficient (Wildman–Crippen LogP) is 17.8. The van der Waals surface area contributed by atoms with Crippen LogP contribution in [0, 0.1) is 11.8 Å². The Labute approximate surface area is 488 Å². The molecule has 0 aliphatic heterocycles. The molecule has 0 bridgehead atoms. The van der Waals surface area contributed by atoms with Gasteiger partial charge in [-0.05, 0) is 86.1 Å². The summed E-state index contributed by atoms with van der Waals surface area (Å²) in [6.45, 7) is 13.0. The highest BCUT2D eigenvalue weighted by Crippen LogP contribution is 2.38. The maximum Gasteiger partial charge on any atom is 0.306 e. The number of nitrogens with one attached hydrogen (secondary N) is 1. The Bertz CT molecular complexity index is 1950. The van der Waals surface area contributed by atoms with E-state index in [-0.39, 0.29) is 87.2 Å². The molecule has 1 aromatic heterocycles. The molecule has 2 N–H and O–H groups in total. The zero-order valence-electron chi connectivity index (χ0n) is 50.7. The number of ether oxygens (including phenoxy) is 4. The number of carbonyl (C=O) groups excluding carboxylic acids is 4. The third kappa shape index (κ3) is 32.9. The van der Waals surface area contributed by atoms with Gasteiger partial charge in [0.25, 0.3) is 0 Å². The largest absolute Gasteiger partial charge is 0.481 e. The Morgan fingerprint density at radius 2 is 1.09 bits per heavy atom. The van der Waals surface area contributed by atoms with Gasteiger partial charge < -0.3 is 34.3 Å². The summed E-state index contributed by atoms with van der Waals surface area (Å²) in [5.74, 6) is -2.75. The van der Waals surface area contributed by atoms with Crippen LogP contribution in [-0.2, 0) is 42.9 Å². The second-order valence-corrected chi connectivity index (χ2v) is 24.1. The minimum absolute atomic E-state index is 0.0134. The Kier molecular flexibility index (Phi) is 37.8. The predicted molar refractivity (Wildman–Crippen MR) is 325 cm³/mol. The molecule has 0 saturated heterocycles. The standard InChI is InChI=1S/C66H108ClN3O10/c1-7-9-11-13-15-17-19-21-23-25-27-29-31-33-63(73)77-49-58(50-78-64(74)34-32-30-28-26-24-22-20-18-16-14-12-10-8-2)80-66(76)44-52(5)43-65(75)79-57-39-37-56(38-40-57)70(48-51(3)4)60-41-35-54(53(6)45-62(71)72)46-59(60)69-55-36-42-61(67)68-47-55/h35-36,41-42,46-47,51-53,56-58,69H,7-34,37-40,43-45,48-50H2,1-6H3,(H,71,72)/t52?,53-,56-,57-/m1/s1. The van der Waals surface area contributed by atoms with E-state index in [1.54, 1.807) is 12.3 Å². The van der Waals surface area contributed by atoms with Gasteiger partial charge in [-0.25, -0.2) is 4.98 Å². The van der Waals surface area contributed by atoms with Crippen LogP contribution in [0.25, 0.3) is 0 Å². The maximum absolute atomic E-state index is 13.4. The normalized spacial score (nSPS) is 15.1. The molecule has 1 heterocycles. The van der Waals surface area contributed by atoms with Crippen molar-refractivity contribution in [3.8, 4) is 0 Å². The number of carbonyl (C=O) groups is 5. The SMILES string of the molecule is CCCCCCCCCCCCCCCC(=O)OCC(COC(=O)CCCCCCCCCCCCCCC)OC(=O)CC(C)CC(=O)O[C@H]1CC[C@H](N(CC(C)C)c2ccc([C@H](C)CC(=O)O)cc2Nc2ccc(Cl)nc2)CC1. The number of carboxylic acids is 1. The summed E-state index contributed by atoms with van der Waals surface area (Å²) in [5.41, 5.74) is 3.51.